The molecular weight excluding hydrogens is 447 g/mol. The maximum atomic E-state index is 14.1. The van der Waals surface area contributed by atoms with Crippen molar-refractivity contribution in [3.05, 3.63) is 70.0 Å². The zero-order valence-corrected chi connectivity index (χ0v) is 20.7. The molecule has 0 aliphatic rings. The summed E-state index contributed by atoms with van der Waals surface area (Å²) < 4.78 is 14.1. The average Bonchev–Trinajstić information content (AvgIpc) is 2.75. The molecular formula is C25H32ClFN2O2S. The number of aryl methyl sites for hydroxylation is 1. The van der Waals surface area contributed by atoms with Crippen molar-refractivity contribution >= 4 is 35.2 Å². The van der Waals surface area contributed by atoms with E-state index in [1.54, 1.807) is 17.0 Å². The minimum absolute atomic E-state index is 0.0324. The smallest absolute Gasteiger partial charge is 0.243 e. The van der Waals surface area contributed by atoms with Crippen LogP contribution in [-0.2, 0) is 21.9 Å². The first kappa shape index (κ1) is 26.2. The molecule has 2 amide bonds. The Balaban J connectivity index is 2.18. The third kappa shape index (κ3) is 7.52. The SMILES string of the molecule is CC[C@H](C)NC(=O)[C@H](CC)N(Cc1cccc(C)c1)C(=O)CSCc1c(F)cccc1Cl. The van der Waals surface area contributed by atoms with Gasteiger partial charge in [-0.2, -0.15) is 0 Å². The first-order valence-electron chi connectivity index (χ1n) is 10.9. The Labute approximate surface area is 199 Å². The van der Waals surface area contributed by atoms with E-state index in [9.17, 15) is 14.0 Å². The molecule has 0 unspecified atom stereocenters. The van der Waals surface area contributed by atoms with Crippen molar-refractivity contribution in [1.29, 1.82) is 0 Å². The van der Waals surface area contributed by atoms with Gasteiger partial charge in [0, 0.05) is 28.9 Å². The fourth-order valence-electron chi connectivity index (χ4n) is 3.36. The van der Waals surface area contributed by atoms with Crippen molar-refractivity contribution in [3.63, 3.8) is 0 Å². The van der Waals surface area contributed by atoms with E-state index in [0.717, 1.165) is 17.5 Å². The maximum absolute atomic E-state index is 14.1. The molecule has 0 bridgehead atoms. The lowest BCUT2D eigenvalue weighted by atomic mass is 10.1. The molecule has 2 aromatic carbocycles. The fraction of sp³-hybridized carbons (Fsp3) is 0.440. The maximum Gasteiger partial charge on any atom is 0.243 e. The summed E-state index contributed by atoms with van der Waals surface area (Å²) in [5.74, 6) is -0.275. The number of nitrogens with one attached hydrogen (secondary N) is 1. The summed E-state index contributed by atoms with van der Waals surface area (Å²) in [5, 5.41) is 3.35. The van der Waals surface area contributed by atoms with Gasteiger partial charge in [-0.1, -0.05) is 61.3 Å². The molecule has 1 N–H and O–H groups in total. The molecule has 0 heterocycles. The van der Waals surface area contributed by atoms with Crippen LogP contribution in [0.15, 0.2) is 42.5 Å². The topological polar surface area (TPSA) is 49.4 Å². The van der Waals surface area contributed by atoms with Crippen LogP contribution in [0.3, 0.4) is 0 Å². The van der Waals surface area contributed by atoms with Crippen molar-refractivity contribution in [2.24, 2.45) is 0 Å². The number of amides is 2. The molecule has 7 heteroatoms. The second-order valence-corrected chi connectivity index (χ2v) is 9.34. The first-order valence-corrected chi connectivity index (χ1v) is 12.5. The molecule has 0 aliphatic heterocycles. The van der Waals surface area contributed by atoms with Crippen LogP contribution >= 0.6 is 23.4 Å². The molecule has 4 nitrogen and oxygen atoms in total. The van der Waals surface area contributed by atoms with Gasteiger partial charge >= 0.3 is 0 Å². The van der Waals surface area contributed by atoms with Gasteiger partial charge in [0.1, 0.15) is 11.9 Å². The van der Waals surface area contributed by atoms with Gasteiger partial charge in [-0.15, -0.1) is 11.8 Å². The van der Waals surface area contributed by atoms with Crippen molar-refractivity contribution in [2.75, 3.05) is 5.75 Å². The van der Waals surface area contributed by atoms with Crippen molar-refractivity contribution < 1.29 is 14.0 Å². The van der Waals surface area contributed by atoms with E-state index in [4.69, 9.17) is 11.6 Å². The number of carbonyl (C=O) groups is 2. The highest BCUT2D eigenvalue weighted by atomic mass is 35.5. The Kier molecular flexibility index (Phi) is 10.5. The average molecular weight is 479 g/mol. The van der Waals surface area contributed by atoms with Gasteiger partial charge in [0.15, 0.2) is 0 Å². The van der Waals surface area contributed by atoms with Gasteiger partial charge in [0.05, 0.1) is 5.75 Å². The molecule has 2 aromatic rings. The minimum atomic E-state index is -0.574. The number of hydrogen-bond acceptors (Lipinski definition) is 3. The fourth-order valence-corrected chi connectivity index (χ4v) is 4.61. The summed E-state index contributed by atoms with van der Waals surface area (Å²) in [5.41, 5.74) is 2.45. The number of benzene rings is 2. The van der Waals surface area contributed by atoms with Crippen LogP contribution in [0.4, 0.5) is 4.39 Å². The third-order valence-corrected chi connectivity index (χ3v) is 6.65. The summed E-state index contributed by atoms with van der Waals surface area (Å²) in [7, 11) is 0. The van der Waals surface area contributed by atoms with Crippen LogP contribution in [0.25, 0.3) is 0 Å². The predicted molar refractivity (Wildman–Crippen MR) is 131 cm³/mol. The number of hydrogen-bond donors (Lipinski definition) is 1. The third-order valence-electron chi connectivity index (χ3n) is 5.36. The molecule has 0 fully saturated rings. The van der Waals surface area contributed by atoms with Gasteiger partial charge in [-0.3, -0.25) is 9.59 Å². The number of thioether (sulfide) groups is 1. The highest BCUT2D eigenvalue weighted by Crippen LogP contribution is 2.25. The number of halogens is 2. The quantitative estimate of drug-likeness (QED) is 0.447. The monoisotopic (exact) mass is 478 g/mol. The van der Waals surface area contributed by atoms with E-state index in [1.165, 1.54) is 17.8 Å². The number of carbonyl (C=O) groups excluding carboxylic acids is 2. The zero-order chi connectivity index (χ0) is 23.7. The normalized spacial score (nSPS) is 12.8. The molecule has 174 valence electrons. The Bertz CT molecular complexity index is 904. The van der Waals surface area contributed by atoms with E-state index in [-0.39, 0.29) is 35.2 Å². The summed E-state index contributed by atoms with van der Waals surface area (Å²) in [6.07, 6.45) is 1.32. The van der Waals surface area contributed by atoms with E-state index >= 15 is 0 Å². The summed E-state index contributed by atoms with van der Waals surface area (Å²) in [4.78, 5) is 27.8. The molecule has 0 saturated heterocycles. The highest BCUT2D eigenvalue weighted by molar-refractivity contribution is 7.99. The van der Waals surface area contributed by atoms with Gasteiger partial charge in [0.2, 0.25) is 11.8 Å². The van der Waals surface area contributed by atoms with E-state index in [0.29, 0.717) is 23.6 Å². The summed E-state index contributed by atoms with van der Waals surface area (Å²) in [6, 6.07) is 11.9. The van der Waals surface area contributed by atoms with E-state index in [2.05, 4.69) is 5.32 Å². The van der Waals surface area contributed by atoms with Crippen LogP contribution < -0.4 is 5.32 Å². The largest absolute Gasteiger partial charge is 0.352 e. The van der Waals surface area contributed by atoms with Gasteiger partial charge < -0.3 is 10.2 Å². The Morgan fingerprint density at radius 3 is 2.50 bits per heavy atom. The molecule has 2 rings (SSSR count). The Morgan fingerprint density at radius 1 is 1.16 bits per heavy atom. The summed E-state index contributed by atoms with van der Waals surface area (Å²) in [6.45, 7) is 8.20. The first-order chi connectivity index (χ1) is 15.3. The highest BCUT2D eigenvalue weighted by Gasteiger charge is 2.29. The summed E-state index contributed by atoms with van der Waals surface area (Å²) >= 11 is 7.40. The van der Waals surface area contributed by atoms with Crippen LogP contribution in [0.5, 0.6) is 0 Å². The van der Waals surface area contributed by atoms with Crippen molar-refractivity contribution in [1.82, 2.24) is 10.2 Å². The van der Waals surface area contributed by atoms with Crippen molar-refractivity contribution in [2.45, 2.75) is 64.9 Å². The molecule has 0 aliphatic carbocycles. The second-order valence-electron chi connectivity index (χ2n) is 7.95. The minimum Gasteiger partial charge on any atom is -0.352 e. The number of rotatable bonds is 11. The standard InChI is InChI=1S/C25H32ClFN2O2S/c1-5-18(4)28-25(31)23(6-2)29(14-19-10-7-9-17(3)13-19)24(30)16-32-15-20-21(26)11-8-12-22(20)27/h7-13,18,23H,5-6,14-16H2,1-4H3,(H,28,31)/t18-,23-/m0/s1. The van der Waals surface area contributed by atoms with E-state index < -0.39 is 6.04 Å². The molecule has 0 saturated carbocycles. The molecule has 32 heavy (non-hydrogen) atoms. The molecule has 0 radical (unpaired) electrons. The predicted octanol–water partition coefficient (Wildman–Crippen LogP) is 5.74. The second kappa shape index (κ2) is 12.9. The lowest BCUT2D eigenvalue weighted by Crippen LogP contribution is -2.51. The molecule has 2 atom stereocenters. The van der Waals surface area contributed by atoms with Crippen LogP contribution in [-0.4, -0.2) is 34.6 Å². The van der Waals surface area contributed by atoms with Gasteiger partial charge in [-0.05, 0) is 44.4 Å². The molecule has 0 aromatic heterocycles. The van der Waals surface area contributed by atoms with Crippen LogP contribution in [0.1, 0.15) is 50.3 Å². The van der Waals surface area contributed by atoms with Crippen LogP contribution in [0.2, 0.25) is 5.02 Å². The van der Waals surface area contributed by atoms with Gasteiger partial charge in [-0.25, -0.2) is 4.39 Å². The van der Waals surface area contributed by atoms with Crippen LogP contribution in [0, 0.1) is 12.7 Å². The number of nitrogens with zero attached hydrogens (tertiary/aromatic N) is 1. The zero-order valence-electron chi connectivity index (χ0n) is 19.2. The lowest BCUT2D eigenvalue weighted by molar-refractivity contribution is -0.139. The Morgan fingerprint density at radius 2 is 1.88 bits per heavy atom. The Hall–Kier alpha value is -2.05. The lowest BCUT2D eigenvalue weighted by Gasteiger charge is -2.31. The van der Waals surface area contributed by atoms with Gasteiger partial charge in [0.25, 0.3) is 0 Å². The molecule has 0 spiro atoms. The van der Waals surface area contributed by atoms with E-state index in [1.807, 2.05) is 52.0 Å². The van der Waals surface area contributed by atoms with Crippen molar-refractivity contribution in [3.8, 4) is 0 Å².